The monoisotopic (exact) mass is 480 g/mol. The van der Waals surface area contributed by atoms with Crippen LogP contribution in [0.3, 0.4) is 0 Å². The summed E-state index contributed by atoms with van der Waals surface area (Å²) in [6, 6.07) is 15.9. The number of hydrogen-bond donors (Lipinski definition) is 3. The second-order valence-electron chi connectivity index (χ2n) is 9.46. The highest BCUT2D eigenvalue weighted by molar-refractivity contribution is 5.85. The maximum absolute atomic E-state index is 13.0. The van der Waals surface area contributed by atoms with E-state index in [0.29, 0.717) is 12.8 Å². The minimum Gasteiger partial charge on any atom is -0.479 e. The van der Waals surface area contributed by atoms with Crippen molar-refractivity contribution >= 4 is 18.0 Å². The summed E-state index contributed by atoms with van der Waals surface area (Å²) in [7, 11) is 1.29. The van der Waals surface area contributed by atoms with Crippen molar-refractivity contribution in [1.82, 2.24) is 10.6 Å². The lowest BCUT2D eigenvalue weighted by molar-refractivity contribution is -0.148. The molecule has 3 atom stereocenters. The van der Waals surface area contributed by atoms with Gasteiger partial charge in [0.1, 0.15) is 6.61 Å². The van der Waals surface area contributed by atoms with E-state index in [2.05, 4.69) is 34.9 Å². The van der Waals surface area contributed by atoms with E-state index in [-0.39, 0.29) is 25.0 Å². The second kappa shape index (κ2) is 10.5. The van der Waals surface area contributed by atoms with E-state index in [9.17, 15) is 14.4 Å². The van der Waals surface area contributed by atoms with E-state index in [1.807, 2.05) is 24.3 Å². The molecule has 0 spiro atoms. The molecular weight excluding hydrogens is 448 g/mol. The Balaban J connectivity index is 1.40. The average molecular weight is 481 g/mol. The van der Waals surface area contributed by atoms with Gasteiger partial charge in [-0.05, 0) is 42.0 Å². The zero-order valence-electron chi connectivity index (χ0n) is 20.1. The highest BCUT2D eigenvalue weighted by Crippen LogP contribution is 2.44. The van der Waals surface area contributed by atoms with Crippen molar-refractivity contribution in [2.45, 2.75) is 50.7 Å². The largest absolute Gasteiger partial charge is 0.479 e. The van der Waals surface area contributed by atoms with Crippen molar-refractivity contribution in [3.63, 3.8) is 0 Å². The first-order valence-corrected chi connectivity index (χ1v) is 12.0. The molecule has 186 valence electrons. The first-order chi connectivity index (χ1) is 16.8. The van der Waals surface area contributed by atoms with Gasteiger partial charge in [-0.1, -0.05) is 61.4 Å². The molecule has 1 fully saturated rings. The van der Waals surface area contributed by atoms with Gasteiger partial charge in [-0.15, -0.1) is 0 Å². The first-order valence-electron chi connectivity index (χ1n) is 12.0. The number of alkyl carbamates (subject to hydrolysis) is 1. The lowest BCUT2D eigenvalue weighted by Crippen LogP contribution is -2.56. The number of hydrogen-bond acceptors (Lipinski definition) is 5. The van der Waals surface area contributed by atoms with Gasteiger partial charge in [-0.3, -0.25) is 4.79 Å². The fourth-order valence-electron chi connectivity index (χ4n) is 5.28. The highest BCUT2D eigenvalue weighted by atomic mass is 16.5. The smallest absolute Gasteiger partial charge is 0.407 e. The molecule has 4 rings (SSSR count). The molecule has 8 heteroatoms. The fraction of sp³-hybridized carbons (Fsp3) is 0.444. The number of aliphatic carboxylic acids is 1. The van der Waals surface area contributed by atoms with Crippen molar-refractivity contribution in [3.8, 4) is 11.1 Å². The van der Waals surface area contributed by atoms with Crippen LogP contribution < -0.4 is 10.6 Å². The molecule has 0 bridgehead atoms. The zero-order valence-corrected chi connectivity index (χ0v) is 20.1. The number of carboxylic acids is 1. The number of carboxylic acid groups (broad SMARTS) is 1. The van der Waals surface area contributed by atoms with Crippen molar-refractivity contribution in [1.29, 1.82) is 0 Å². The maximum atomic E-state index is 13.0. The molecule has 0 radical (unpaired) electrons. The number of carbonyl (C=O) groups is 3. The summed E-state index contributed by atoms with van der Waals surface area (Å²) in [6.07, 6.45) is 1.27. The molecule has 2 aromatic rings. The van der Waals surface area contributed by atoms with Gasteiger partial charge in [0.2, 0.25) is 5.91 Å². The molecule has 2 amide bonds. The molecule has 0 heterocycles. The van der Waals surface area contributed by atoms with Gasteiger partial charge >= 0.3 is 12.1 Å². The maximum Gasteiger partial charge on any atom is 0.407 e. The number of methoxy groups -OCH3 is 1. The zero-order chi connectivity index (χ0) is 25.0. The summed E-state index contributed by atoms with van der Waals surface area (Å²) >= 11 is 0. The van der Waals surface area contributed by atoms with Crippen LogP contribution in [-0.4, -0.2) is 55.5 Å². The summed E-state index contributed by atoms with van der Waals surface area (Å²) < 4.78 is 10.6. The Morgan fingerprint density at radius 2 is 1.69 bits per heavy atom. The van der Waals surface area contributed by atoms with Crippen LogP contribution in [-0.2, 0) is 19.1 Å². The quantitative estimate of drug-likeness (QED) is 0.531. The molecule has 0 aromatic heterocycles. The second-order valence-corrected chi connectivity index (χ2v) is 9.46. The van der Waals surface area contributed by atoms with Gasteiger partial charge in [0.15, 0.2) is 6.10 Å². The lowest BCUT2D eigenvalue weighted by atomic mass is 9.71. The molecule has 0 saturated heterocycles. The third kappa shape index (κ3) is 5.03. The third-order valence-electron chi connectivity index (χ3n) is 7.37. The molecule has 2 aliphatic carbocycles. The van der Waals surface area contributed by atoms with Crippen LogP contribution in [0.4, 0.5) is 4.79 Å². The minimum absolute atomic E-state index is 0.0452. The van der Waals surface area contributed by atoms with Crippen LogP contribution in [0.15, 0.2) is 48.5 Å². The number of rotatable bonds is 8. The van der Waals surface area contributed by atoms with Crippen molar-refractivity contribution in [3.05, 3.63) is 59.7 Å². The number of fused-ring (bicyclic) bond motifs is 3. The van der Waals surface area contributed by atoms with Crippen molar-refractivity contribution < 1.29 is 29.0 Å². The van der Waals surface area contributed by atoms with Crippen LogP contribution in [0.25, 0.3) is 11.1 Å². The van der Waals surface area contributed by atoms with E-state index in [1.54, 1.807) is 6.92 Å². The fourth-order valence-corrected chi connectivity index (χ4v) is 5.28. The highest BCUT2D eigenvalue weighted by Gasteiger charge is 2.44. The molecule has 2 aromatic carbocycles. The van der Waals surface area contributed by atoms with Crippen LogP contribution in [0.2, 0.25) is 0 Å². The van der Waals surface area contributed by atoms with Gasteiger partial charge in [-0.25, -0.2) is 9.59 Å². The molecule has 8 nitrogen and oxygen atoms in total. The lowest BCUT2D eigenvalue weighted by Gasteiger charge is -2.40. The van der Waals surface area contributed by atoms with Gasteiger partial charge in [0.05, 0.1) is 12.0 Å². The van der Waals surface area contributed by atoms with Crippen molar-refractivity contribution in [2.75, 3.05) is 20.3 Å². The SMILES string of the molecule is COC(CNC(=O)C1(C)CCCCC1NC(=O)OCC1c2ccccc2-c2ccccc21)C(=O)O. The molecule has 0 aliphatic heterocycles. The topological polar surface area (TPSA) is 114 Å². The van der Waals surface area contributed by atoms with Crippen LogP contribution in [0.1, 0.15) is 49.7 Å². The predicted octanol–water partition coefficient (Wildman–Crippen LogP) is 3.69. The number of ether oxygens (including phenoxy) is 2. The molecule has 3 unspecified atom stereocenters. The van der Waals surface area contributed by atoms with Gasteiger partial charge in [0.25, 0.3) is 0 Å². The normalized spacial score (nSPS) is 21.9. The van der Waals surface area contributed by atoms with E-state index < -0.39 is 29.6 Å². The van der Waals surface area contributed by atoms with E-state index in [0.717, 1.165) is 35.1 Å². The van der Waals surface area contributed by atoms with E-state index in [4.69, 9.17) is 14.6 Å². The van der Waals surface area contributed by atoms with Gasteiger partial charge < -0.3 is 25.2 Å². The Labute approximate surface area is 205 Å². The summed E-state index contributed by atoms with van der Waals surface area (Å²) in [5, 5.41) is 14.8. The third-order valence-corrected chi connectivity index (χ3v) is 7.37. The molecule has 3 N–H and O–H groups in total. The van der Waals surface area contributed by atoms with Crippen LogP contribution in [0, 0.1) is 5.41 Å². The first kappa shape index (κ1) is 24.7. The summed E-state index contributed by atoms with van der Waals surface area (Å²) in [5.41, 5.74) is 3.71. The van der Waals surface area contributed by atoms with Gasteiger partial charge in [-0.2, -0.15) is 0 Å². The number of carbonyl (C=O) groups excluding carboxylic acids is 2. The predicted molar refractivity (Wildman–Crippen MR) is 130 cm³/mol. The number of benzene rings is 2. The Morgan fingerprint density at radius 3 is 2.29 bits per heavy atom. The van der Waals surface area contributed by atoms with Crippen molar-refractivity contribution in [2.24, 2.45) is 5.41 Å². The summed E-state index contributed by atoms with van der Waals surface area (Å²) in [4.78, 5) is 37.1. The Kier molecular flexibility index (Phi) is 7.40. The van der Waals surface area contributed by atoms with Crippen LogP contribution >= 0.6 is 0 Å². The van der Waals surface area contributed by atoms with Crippen LogP contribution in [0.5, 0.6) is 0 Å². The summed E-state index contributed by atoms with van der Waals surface area (Å²) in [6.45, 7) is 1.86. The number of amides is 2. The summed E-state index contributed by atoms with van der Waals surface area (Å²) in [5.74, 6) is -1.49. The standard InChI is InChI=1S/C27H32N2O6/c1-27(25(32)28-15-22(34-2)24(30)31)14-8-7-13-23(27)29-26(33)35-16-21-19-11-5-3-9-17(19)18-10-4-6-12-20(18)21/h3-6,9-12,21-23H,7-8,13-16H2,1-2H3,(H,28,32)(H,29,33)(H,30,31). The van der Waals surface area contributed by atoms with E-state index in [1.165, 1.54) is 7.11 Å². The minimum atomic E-state index is -1.14. The van der Waals surface area contributed by atoms with Gasteiger partial charge in [0, 0.05) is 19.1 Å². The average Bonchev–Trinajstić information content (AvgIpc) is 3.18. The van der Waals surface area contributed by atoms with E-state index >= 15 is 0 Å². The Morgan fingerprint density at radius 1 is 1.06 bits per heavy atom. The molecule has 2 aliphatic rings. The molecule has 35 heavy (non-hydrogen) atoms. The number of nitrogens with one attached hydrogen (secondary N) is 2. The molecule has 1 saturated carbocycles. The molecular formula is C27H32N2O6. The Hall–Kier alpha value is -3.39. The Bertz CT molecular complexity index is 1060.